The van der Waals surface area contributed by atoms with Gasteiger partial charge in [-0.2, -0.15) is 11.8 Å². The summed E-state index contributed by atoms with van der Waals surface area (Å²) in [6, 6.07) is 0. The molecule has 1 rings (SSSR count). The smallest absolute Gasteiger partial charge is 0.340 e. The second-order valence-corrected chi connectivity index (χ2v) is 4.27. The van der Waals surface area contributed by atoms with Crippen LogP contribution in [-0.2, 0) is 9.53 Å². The summed E-state index contributed by atoms with van der Waals surface area (Å²) in [5.41, 5.74) is 0. The lowest BCUT2D eigenvalue weighted by atomic mass is 10.1. The van der Waals surface area contributed by atoms with E-state index in [2.05, 4.69) is 4.74 Å². The first kappa shape index (κ1) is 9.84. The van der Waals surface area contributed by atoms with Gasteiger partial charge in [-0.3, -0.25) is 0 Å². The molecule has 70 valence electrons. The maximum Gasteiger partial charge on any atom is 0.340 e. The Hall–Kier alpha value is -0.250. The van der Waals surface area contributed by atoms with E-state index < -0.39 is 12.1 Å². The number of rotatable bonds is 3. The Labute approximate surface area is 75.9 Å². The molecular formula is C8H13FO2S. The third kappa shape index (κ3) is 2.66. The van der Waals surface area contributed by atoms with Crippen LogP contribution in [0.3, 0.4) is 0 Å². The second kappa shape index (κ2) is 4.70. The molecule has 2 atom stereocenters. The first-order valence-corrected chi connectivity index (χ1v) is 5.12. The second-order valence-electron chi connectivity index (χ2n) is 2.86. The van der Waals surface area contributed by atoms with Crippen LogP contribution in [0, 0.1) is 0 Å². The monoisotopic (exact) mass is 192 g/mol. The van der Waals surface area contributed by atoms with Gasteiger partial charge in [0.1, 0.15) is 0 Å². The van der Waals surface area contributed by atoms with Crippen LogP contribution < -0.4 is 0 Å². The van der Waals surface area contributed by atoms with Crippen molar-refractivity contribution in [2.45, 2.75) is 30.7 Å². The van der Waals surface area contributed by atoms with E-state index in [9.17, 15) is 9.18 Å². The van der Waals surface area contributed by atoms with Gasteiger partial charge in [-0.15, -0.1) is 0 Å². The van der Waals surface area contributed by atoms with Gasteiger partial charge in [-0.1, -0.05) is 0 Å². The van der Waals surface area contributed by atoms with Gasteiger partial charge in [0.15, 0.2) is 6.17 Å². The fourth-order valence-electron chi connectivity index (χ4n) is 1.29. The van der Waals surface area contributed by atoms with E-state index in [4.69, 9.17) is 0 Å². The quantitative estimate of drug-likeness (QED) is 0.638. The molecule has 0 aromatic rings. The lowest BCUT2D eigenvalue weighted by molar-refractivity contribution is -0.146. The molecule has 0 aromatic carbocycles. The minimum absolute atomic E-state index is 0.317. The van der Waals surface area contributed by atoms with E-state index in [1.165, 1.54) is 7.11 Å². The van der Waals surface area contributed by atoms with Crippen molar-refractivity contribution in [2.75, 3.05) is 12.9 Å². The standard InChI is InChI=1S/C8H13FO2S/c1-11-8(10)7(9)5-6-3-2-4-12-6/h6-7H,2-5H2,1H3. The van der Waals surface area contributed by atoms with Gasteiger partial charge in [0.05, 0.1) is 7.11 Å². The van der Waals surface area contributed by atoms with E-state index >= 15 is 0 Å². The first-order valence-electron chi connectivity index (χ1n) is 4.07. The Bertz CT molecular complexity index is 157. The van der Waals surface area contributed by atoms with Gasteiger partial charge in [0, 0.05) is 11.7 Å². The van der Waals surface area contributed by atoms with Gasteiger partial charge in [-0.25, -0.2) is 9.18 Å². The average molecular weight is 192 g/mol. The maximum atomic E-state index is 13.0. The molecular weight excluding hydrogens is 179 g/mol. The summed E-state index contributed by atoms with van der Waals surface area (Å²) < 4.78 is 17.3. The van der Waals surface area contributed by atoms with Crippen molar-refractivity contribution in [2.24, 2.45) is 0 Å². The van der Waals surface area contributed by atoms with E-state index in [0.29, 0.717) is 11.7 Å². The summed E-state index contributed by atoms with van der Waals surface area (Å²) >= 11 is 1.75. The predicted molar refractivity (Wildman–Crippen MR) is 47.0 cm³/mol. The van der Waals surface area contributed by atoms with Gasteiger partial charge in [-0.05, 0) is 18.6 Å². The number of hydrogen-bond donors (Lipinski definition) is 0. The summed E-state index contributed by atoms with van der Waals surface area (Å²) in [6.45, 7) is 0. The molecule has 2 nitrogen and oxygen atoms in total. The minimum Gasteiger partial charge on any atom is -0.467 e. The zero-order chi connectivity index (χ0) is 8.97. The third-order valence-corrected chi connectivity index (χ3v) is 3.37. The topological polar surface area (TPSA) is 26.3 Å². The van der Waals surface area contributed by atoms with Crippen molar-refractivity contribution in [3.8, 4) is 0 Å². The summed E-state index contributed by atoms with van der Waals surface area (Å²) in [6.07, 6.45) is 1.06. The highest BCUT2D eigenvalue weighted by atomic mass is 32.2. The molecule has 1 heterocycles. The Morgan fingerprint density at radius 1 is 1.83 bits per heavy atom. The number of hydrogen-bond acceptors (Lipinski definition) is 3. The summed E-state index contributed by atoms with van der Waals surface area (Å²) in [5.74, 6) is 0.362. The lowest BCUT2D eigenvalue weighted by Gasteiger charge is -2.10. The van der Waals surface area contributed by atoms with Crippen LogP contribution in [-0.4, -0.2) is 30.3 Å². The molecule has 2 unspecified atom stereocenters. The lowest BCUT2D eigenvalue weighted by Crippen LogP contribution is -2.20. The molecule has 0 N–H and O–H groups in total. The van der Waals surface area contributed by atoms with Crippen molar-refractivity contribution in [1.29, 1.82) is 0 Å². The maximum absolute atomic E-state index is 13.0. The highest BCUT2D eigenvalue weighted by Gasteiger charge is 2.25. The van der Waals surface area contributed by atoms with E-state index in [1.807, 2.05) is 0 Å². The summed E-state index contributed by atoms with van der Waals surface area (Å²) in [4.78, 5) is 10.7. The van der Waals surface area contributed by atoms with Crippen LogP contribution in [0.15, 0.2) is 0 Å². The third-order valence-electron chi connectivity index (χ3n) is 1.95. The van der Waals surface area contributed by atoms with E-state index in [1.54, 1.807) is 11.8 Å². The van der Waals surface area contributed by atoms with Crippen molar-refractivity contribution in [1.82, 2.24) is 0 Å². The Morgan fingerprint density at radius 3 is 3.08 bits per heavy atom. The average Bonchev–Trinajstić information content (AvgIpc) is 2.55. The molecule has 1 aliphatic rings. The van der Waals surface area contributed by atoms with Crippen molar-refractivity contribution < 1.29 is 13.9 Å². The molecule has 0 saturated carbocycles. The van der Waals surface area contributed by atoms with Gasteiger partial charge in [0.2, 0.25) is 0 Å². The Balaban J connectivity index is 2.24. The van der Waals surface area contributed by atoms with Gasteiger partial charge >= 0.3 is 5.97 Å². The van der Waals surface area contributed by atoms with Crippen LogP contribution >= 0.6 is 11.8 Å². The molecule has 0 bridgehead atoms. The molecule has 0 spiro atoms. The molecule has 12 heavy (non-hydrogen) atoms. The molecule has 0 amide bonds. The summed E-state index contributed by atoms with van der Waals surface area (Å²) in [7, 11) is 1.22. The van der Waals surface area contributed by atoms with Crippen LogP contribution in [0.25, 0.3) is 0 Å². The van der Waals surface area contributed by atoms with E-state index in [-0.39, 0.29) is 0 Å². The molecule has 1 saturated heterocycles. The molecule has 4 heteroatoms. The Morgan fingerprint density at radius 2 is 2.58 bits per heavy atom. The predicted octanol–water partition coefficient (Wildman–Crippen LogP) is 1.78. The highest BCUT2D eigenvalue weighted by Crippen LogP contribution is 2.30. The SMILES string of the molecule is COC(=O)C(F)CC1CCCS1. The normalized spacial score (nSPS) is 25.3. The van der Waals surface area contributed by atoms with Crippen LogP contribution in [0.1, 0.15) is 19.3 Å². The zero-order valence-electron chi connectivity index (χ0n) is 7.09. The van der Waals surface area contributed by atoms with Gasteiger partial charge < -0.3 is 4.74 Å². The van der Waals surface area contributed by atoms with Crippen LogP contribution in [0.2, 0.25) is 0 Å². The zero-order valence-corrected chi connectivity index (χ0v) is 7.90. The van der Waals surface area contributed by atoms with E-state index in [0.717, 1.165) is 18.6 Å². The van der Waals surface area contributed by atoms with Crippen molar-refractivity contribution >= 4 is 17.7 Å². The highest BCUT2D eigenvalue weighted by molar-refractivity contribution is 8.00. The number of carbonyl (C=O) groups excluding carboxylic acids is 1. The molecule has 0 radical (unpaired) electrons. The first-order chi connectivity index (χ1) is 5.74. The minimum atomic E-state index is -1.43. The van der Waals surface area contributed by atoms with Crippen LogP contribution in [0.5, 0.6) is 0 Å². The number of esters is 1. The molecule has 1 aliphatic heterocycles. The number of ether oxygens (including phenoxy) is 1. The van der Waals surface area contributed by atoms with Crippen LogP contribution in [0.4, 0.5) is 4.39 Å². The fourth-order valence-corrected chi connectivity index (χ4v) is 2.59. The number of methoxy groups -OCH3 is 1. The number of halogens is 1. The number of thioether (sulfide) groups is 1. The van der Waals surface area contributed by atoms with Gasteiger partial charge in [0.25, 0.3) is 0 Å². The van der Waals surface area contributed by atoms with Crippen molar-refractivity contribution in [3.63, 3.8) is 0 Å². The fraction of sp³-hybridized carbons (Fsp3) is 0.875. The Kier molecular flexibility index (Phi) is 3.85. The number of alkyl halides is 1. The molecule has 0 aliphatic carbocycles. The summed E-state index contributed by atoms with van der Waals surface area (Å²) in [5, 5.41) is 0.319. The molecule has 1 fully saturated rings. The molecule has 0 aromatic heterocycles. The number of carbonyl (C=O) groups is 1. The van der Waals surface area contributed by atoms with Crippen molar-refractivity contribution in [3.05, 3.63) is 0 Å². The largest absolute Gasteiger partial charge is 0.467 e.